The Morgan fingerprint density at radius 2 is 2.12 bits per heavy atom. The average Bonchev–Trinajstić information content (AvgIpc) is 3.22. The van der Waals surface area contributed by atoms with E-state index in [0.717, 1.165) is 20.3 Å². The third kappa shape index (κ3) is 4.24. The second-order valence-electron chi connectivity index (χ2n) is 6.11. The zero-order valence-electron chi connectivity index (χ0n) is 14.6. The number of fused-ring (bicyclic) bond motifs is 1. The molecular weight excluding hydrogens is 406 g/mol. The van der Waals surface area contributed by atoms with Crippen LogP contribution in [0.3, 0.4) is 0 Å². The van der Waals surface area contributed by atoms with E-state index < -0.39 is 5.97 Å². The number of carbonyl (C=O) groups is 2. The Kier molecular flexibility index (Phi) is 5.92. The van der Waals surface area contributed by atoms with Crippen molar-refractivity contribution in [1.82, 2.24) is 4.98 Å². The molecule has 3 rings (SSSR count). The zero-order valence-corrected chi connectivity index (χ0v) is 16.1. The summed E-state index contributed by atoms with van der Waals surface area (Å²) >= 11 is 3.41. The molecule has 26 heavy (non-hydrogen) atoms. The predicted molar refractivity (Wildman–Crippen MR) is 98.3 cm³/mol. The Morgan fingerprint density at radius 3 is 2.81 bits per heavy atom. The summed E-state index contributed by atoms with van der Waals surface area (Å²) in [7, 11) is 3.19. The number of hydrogen-bond donors (Lipinski definition) is 3. The van der Waals surface area contributed by atoms with Crippen LogP contribution in [-0.4, -0.2) is 63.6 Å². The molecule has 1 aliphatic heterocycles. The SMILES string of the molecule is COC(=O)c1[nH]c2ccc(Br)cc2c1NC(=O)C[NH+](C)CC1OCCO1. The van der Waals surface area contributed by atoms with E-state index >= 15 is 0 Å². The summed E-state index contributed by atoms with van der Waals surface area (Å²) in [6.45, 7) is 1.94. The molecule has 9 heteroatoms. The number of likely N-dealkylation sites (N-methyl/N-ethyl adjacent to an activating group) is 1. The number of hydrogen-bond acceptors (Lipinski definition) is 5. The van der Waals surface area contributed by atoms with Crippen LogP contribution in [0.1, 0.15) is 10.5 Å². The summed E-state index contributed by atoms with van der Waals surface area (Å²) in [5.74, 6) is -0.757. The molecule has 8 nitrogen and oxygen atoms in total. The fraction of sp³-hybridized carbons (Fsp3) is 0.412. The molecule has 1 aliphatic rings. The number of esters is 1. The van der Waals surface area contributed by atoms with Crippen LogP contribution in [0.5, 0.6) is 0 Å². The van der Waals surface area contributed by atoms with Crippen molar-refractivity contribution in [2.75, 3.05) is 45.8 Å². The van der Waals surface area contributed by atoms with Gasteiger partial charge in [0.1, 0.15) is 12.2 Å². The van der Waals surface area contributed by atoms with Gasteiger partial charge in [-0.15, -0.1) is 0 Å². The highest BCUT2D eigenvalue weighted by Crippen LogP contribution is 2.30. The predicted octanol–water partition coefficient (Wildman–Crippen LogP) is 0.543. The normalized spacial score (nSPS) is 16.0. The number of benzene rings is 1. The zero-order chi connectivity index (χ0) is 18.7. The average molecular weight is 427 g/mol. The van der Waals surface area contributed by atoms with Crippen LogP contribution in [0.2, 0.25) is 0 Å². The Bertz CT molecular complexity index is 816. The lowest BCUT2D eigenvalue weighted by molar-refractivity contribution is -0.877. The summed E-state index contributed by atoms with van der Waals surface area (Å²) in [6, 6.07) is 5.52. The molecule has 1 saturated heterocycles. The second kappa shape index (κ2) is 8.17. The molecule has 1 aromatic carbocycles. The molecule has 0 saturated carbocycles. The standard InChI is InChI=1S/C17H20BrN3O5/c1-21(9-14-25-5-6-26-14)8-13(22)20-15-11-7-10(18)3-4-12(11)19-16(15)17(23)24-2/h3-4,7,14,19H,5-6,8-9H2,1-2H3,(H,20,22)/p+1. The summed E-state index contributed by atoms with van der Waals surface area (Å²) in [5.41, 5.74) is 1.37. The van der Waals surface area contributed by atoms with E-state index in [9.17, 15) is 9.59 Å². The third-order valence-electron chi connectivity index (χ3n) is 4.08. The topological polar surface area (TPSA) is 94.1 Å². The highest BCUT2D eigenvalue weighted by molar-refractivity contribution is 9.10. The second-order valence-corrected chi connectivity index (χ2v) is 7.03. The first kappa shape index (κ1) is 18.8. The lowest BCUT2D eigenvalue weighted by Gasteiger charge is -2.17. The number of aromatic amines is 1. The quantitative estimate of drug-likeness (QED) is 0.586. The maximum atomic E-state index is 12.5. The van der Waals surface area contributed by atoms with Gasteiger partial charge in [0.05, 0.1) is 33.1 Å². The lowest BCUT2D eigenvalue weighted by Crippen LogP contribution is -3.11. The Balaban J connectivity index is 1.76. The Morgan fingerprint density at radius 1 is 1.38 bits per heavy atom. The monoisotopic (exact) mass is 426 g/mol. The molecule has 0 spiro atoms. The minimum Gasteiger partial charge on any atom is -0.464 e. The van der Waals surface area contributed by atoms with E-state index in [1.54, 1.807) is 0 Å². The van der Waals surface area contributed by atoms with Gasteiger partial charge < -0.3 is 29.4 Å². The fourth-order valence-corrected chi connectivity index (χ4v) is 3.25. The van der Waals surface area contributed by atoms with E-state index in [1.165, 1.54) is 7.11 Å². The number of anilines is 1. The minimum atomic E-state index is -0.541. The van der Waals surface area contributed by atoms with Crippen molar-refractivity contribution < 1.29 is 28.7 Å². The lowest BCUT2D eigenvalue weighted by atomic mass is 10.2. The van der Waals surface area contributed by atoms with E-state index in [4.69, 9.17) is 14.2 Å². The van der Waals surface area contributed by atoms with Crippen molar-refractivity contribution >= 4 is 44.4 Å². The summed E-state index contributed by atoms with van der Waals surface area (Å²) < 4.78 is 16.5. The van der Waals surface area contributed by atoms with Crippen molar-refractivity contribution in [3.05, 3.63) is 28.4 Å². The number of rotatable bonds is 6. The molecular formula is C17H21BrN3O5+. The van der Waals surface area contributed by atoms with Gasteiger partial charge >= 0.3 is 5.97 Å². The highest BCUT2D eigenvalue weighted by Gasteiger charge is 2.24. The number of methoxy groups -OCH3 is 1. The molecule has 0 aliphatic carbocycles. The molecule has 2 aromatic rings. The van der Waals surface area contributed by atoms with Crippen LogP contribution in [0, 0.1) is 0 Å². The van der Waals surface area contributed by atoms with E-state index in [1.807, 2.05) is 25.2 Å². The number of H-pyrrole nitrogens is 1. The summed E-state index contributed by atoms with van der Waals surface area (Å²) in [6.07, 6.45) is -0.280. The van der Waals surface area contributed by atoms with Gasteiger partial charge in [0, 0.05) is 15.4 Å². The number of amides is 1. The smallest absolute Gasteiger partial charge is 0.356 e. The number of nitrogens with one attached hydrogen (secondary N) is 3. The van der Waals surface area contributed by atoms with Crippen LogP contribution in [0.4, 0.5) is 5.69 Å². The van der Waals surface area contributed by atoms with Crippen LogP contribution in [0.15, 0.2) is 22.7 Å². The first-order valence-corrected chi connectivity index (χ1v) is 9.01. The molecule has 2 heterocycles. The van der Waals surface area contributed by atoms with Crippen molar-refractivity contribution in [2.45, 2.75) is 6.29 Å². The number of carbonyl (C=O) groups excluding carboxylic acids is 2. The van der Waals surface area contributed by atoms with Crippen molar-refractivity contribution in [3.8, 4) is 0 Å². The number of aromatic nitrogens is 1. The molecule has 1 unspecified atom stereocenters. The number of ether oxygens (including phenoxy) is 3. The molecule has 1 fully saturated rings. The molecule has 140 valence electrons. The summed E-state index contributed by atoms with van der Waals surface area (Å²) in [5, 5.41) is 3.57. The van der Waals surface area contributed by atoms with Gasteiger partial charge in [-0.05, 0) is 18.2 Å². The van der Waals surface area contributed by atoms with Gasteiger partial charge in [0.2, 0.25) is 6.29 Å². The number of quaternary nitrogens is 1. The van der Waals surface area contributed by atoms with E-state index in [2.05, 4.69) is 26.2 Å². The summed E-state index contributed by atoms with van der Waals surface area (Å²) in [4.78, 5) is 28.5. The van der Waals surface area contributed by atoms with Crippen LogP contribution in [0.25, 0.3) is 10.9 Å². The Hall–Kier alpha value is -1.94. The van der Waals surface area contributed by atoms with Gasteiger partial charge in [0.15, 0.2) is 6.54 Å². The highest BCUT2D eigenvalue weighted by atomic mass is 79.9. The van der Waals surface area contributed by atoms with Crippen LogP contribution in [-0.2, 0) is 19.0 Å². The third-order valence-corrected chi connectivity index (χ3v) is 4.58. The maximum Gasteiger partial charge on any atom is 0.356 e. The van der Waals surface area contributed by atoms with Crippen molar-refractivity contribution in [2.24, 2.45) is 0 Å². The molecule has 0 radical (unpaired) electrons. The Labute approximate surface area is 158 Å². The van der Waals surface area contributed by atoms with Gasteiger partial charge in [-0.2, -0.15) is 0 Å². The molecule has 1 atom stereocenters. The molecule has 3 N–H and O–H groups in total. The van der Waals surface area contributed by atoms with Crippen LogP contribution < -0.4 is 10.2 Å². The fourth-order valence-electron chi connectivity index (χ4n) is 2.89. The van der Waals surface area contributed by atoms with E-state index in [0.29, 0.717) is 25.4 Å². The molecule has 1 amide bonds. The van der Waals surface area contributed by atoms with Crippen LogP contribution >= 0.6 is 15.9 Å². The first-order chi connectivity index (χ1) is 12.5. The van der Waals surface area contributed by atoms with Crippen molar-refractivity contribution in [1.29, 1.82) is 0 Å². The maximum absolute atomic E-state index is 12.5. The van der Waals surface area contributed by atoms with Gasteiger partial charge in [-0.25, -0.2) is 4.79 Å². The minimum absolute atomic E-state index is 0.213. The molecule has 0 bridgehead atoms. The molecule has 1 aromatic heterocycles. The van der Waals surface area contributed by atoms with Gasteiger partial charge in [0.25, 0.3) is 5.91 Å². The van der Waals surface area contributed by atoms with Crippen molar-refractivity contribution in [3.63, 3.8) is 0 Å². The number of halogens is 1. The van der Waals surface area contributed by atoms with Gasteiger partial charge in [-0.3, -0.25) is 4.79 Å². The van der Waals surface area contributed by atoms with E-state index in [-0.39, 0.29) is 24.4 Å². The van der Waals surface area contributed by atoms with Gasteiger partial charge in [-0.1, -0.05) is 15.9 Å². The first-order valence-electron chi connectivity index (χ1n) is 8.22. The largest absolute Gasteiger partial charge is 0.464 e.